The van der Waals surface area contributed by atoms with Crippen molar-refractivity contribution < 1.29 is 4.92 Å². The molecule has 0 radical (unpaired) electrons. The molecule has 0 saturated carbocycles. The van der Waals surface area contributed by atoms with Gasteiger partial charge in [-0.2, -0.15) is 5.10 Å². The number of anilines is 1. The normalized spacial score (nSPS) is 10.6. The fourth-order valence-corrected chi connectivity index (χ4v) is 1.84. The molecule has 6 heteroatoms. The van der Waals surface area contributed by atoms with Crippen molar-refractivity contribution in [2.24, 2.45) is 5.10 Å². The third kappa shape index (κ3) is 3.62. The average Bonchev–Trinajstić information content (AvgIpc) is 2.41. The zero-order valence-corrected chi connectivity index (χ0v) is 11.4. The zero-order chi connectivity index (χ0) is 13.7. The van der Waals surface area contributed by atoms with Crippen molar-refractivity contribution in [3.63, 3.8) is 0 Å². The van der Waals surface area contributed by atoms with E-state index in [9.17, 15) is 10.1 Å². The molecular formula is C13H10BrN3O2. The average molecular weight is 320 g/mol. The second-order valence-corrected chi connectivity index (χ2v) is 4.56. The molecular weight excluding hydrogens is 310 g/mol. The predicted octanol–water partition coefficient (Wildman–Crippen LogP) is 3.80. The van der Waals surface area contributed by atoms with E-state index in [0.717, 1.165) is 5.69 Å². The SMILES string of the molecule is O=[N+]([O-])c1cc(/C=N/Nc2ccccc2)ccc1Br. The molecule has 0 fully saturated rings. The van der Waals surface area contributed by atoms with Crippen LogP contribution in [0.2, 0.25) is 0 Å². The molecule has 2 rings (SSSR count). The Labute approximate surface area is 118 Å². The Kier molecular flexibility index (Phi) is 4.25. The van der Waals surface area contributed by atoms with Gasteiger partial charge in [-0.1, -0.05) is 24.3 Å². The Balaban J connectivity index is 2.11. The highest BCUT2D eigenvalue weighted by atomic mass is 79.9. The van der Waals surface area contributed by atoms with Crippen LogP contribution < -0.4 is 5.43 Å². The minimum atomic E-state index is -0.438. The van der Waals surface area contributed by atoms with E-state index in [1.54, 1.807) is 12.1 Å². The second-order valence-electron chi connectivity index (χ2n) is 3.70. The largest absolute Gasteiger partial charge is 0.284 e. The van der Waals surface area contributed by atoms with Gasteiger partial charge in [-0.05, 0) is 34.1 Å². The van der Waals surface area contributed by atoms with Gasteiger partial charge < -0.3 is 0 Å². The summed E-state index contributed by atoms with van der Waals surface area (Å²) < 4.78 is 0.450. The number of hydrogen-bond acceptors (Lipinski definition) is 4. The van der Waals surface area contributed by atoms with Crippen LogP contribution in [0.25, 0.3) is 0 Å². The maximum absolute atomic E-state index is 10.8. The third-order valence-corrected chi connectivity index (χ3v) is 3.02. The van der Waals surface area contributed by atoms with Crippen molar-refractivity contribution in [1.29, 1.82) is 0 Å². The fraction of sp³-hybridized carbons (Fsp3) is 0. The summed E-state index contributed by atoms with van der Waals surface area (Å²) in [4.78, 5) is 10.3. The second kappa shape index (κ2) is 6.10. The number of halogens is 1. The first-order chi connectivity index (χ1) is 9.16. The van der Waals surface area contributed by atoms with Crippen molar-refractivity contribution >= 4 is 33.5 Å². The van der Waals surface area contributed by atoms with Crippen LogP contribution in [0.1, 0.15) is 5.56 Å². The number of nitro benzene ring substituents is 1. The molecule has 2 aromatic carbocycles. The van der Waals surface area contributed by atoms with Gasteiger partial charge in [0.05, 0.1) is 21.3 Å². The lowest BCUT2D eigenvalue weighted by atomic mass is 10.2. The van der Waals surface area contributed by atoms with Crippen molar-refractivity contribution in [3.05, 3.63) is 68.7 Å². The van der Waals surface area contributed by atoms with E-state index in [0.29, 0.717) is 10.0 Å². The van der Waals surface area contributed by atoms with E-state index in [-0.39, 0.29) is 5.69 Å². The van der Waals surface area contributed by atoms with Gasteiger partial charge in [0.1, 0.15) is 0 Å². The summed E-state index contributed by atoms with van der Waals surface area (Å²) in [6, 6.07) is 14.3. The van der Waals surface area contributed by atoms with Gasteiger partial charge in [-0.25, -0.2) is 0 Å². The molecule has 1 N–H and O–H groups in total. The highest BCUT2D eigenvalue weighted by Gasteiger charge is 2.11. The van der Waals surface area contributed by atoms with Crippen molar-refractivity contribution in [1.82, 2.24) is 0 Å². The minimum absolute atomic E-state index is 0.0173. The van der Waals surface area contributed by atoms with Crippen LogP contribution in [-0.4, -0.2) is 11.1 Å². The molecule has 0 aliphatic heterocycles. The maximum Gasteiger partial charge on any atom is 0.284 e. The summed E-state index contributed by atoms with van der Waals surface area (Å²) in [5, 5.41) is 14.8. The van der Waals surface area contributed by atoms with Gasteiger partial charge in [0.2, 0.25) is 0 Å². The zero-order valence-electron chi connectivity index (χ0n) is 9.79. The van der Waals surface area contributed by atoms with Gasteiger partial charge in [0.25, 0.3) is 5.69 Å². The van der Waals surface area contributed by atoms with Crippen LogP contribution in [0, 0.1) is 10.1 Å². The Morgan fingerprint density at radius 3 is 2.63 bits per heavy atom. The molecule has 0 heterocycles. The van der Waals surface area contributed by atoms with E-state index < -0.39 is 4.92 Å². The quantitative estimate of drug-likeness (QED) is 0.529. The van der Waals surface area contributed by atoms with Gasteiger partial charge in [-0.15, -0.1) is 0 Å². The molecule has 0 atom stereocenters. The number of hydrogen-bond donors (Lipinski definition) is 1. The van der Waals surface area contributed by atoms with Crippen molar-refractivity contribution in [3.8, 4) is 0 Å². The lowest BCUT2D eigenvalue weighted by molar-refractivity contribution is -0.385. The Morgan fingerprint density at radius 1 is 1.21 bits per heavy atom. The van der Waals surface area contributed by atoms with Gasteiger partial charge in [0, 0.05) is 11.6 Å². The van der Waals surface area contributed by atoms with Gasteiger partial charge >= 0.3 is 0 Å². The number of nitrogens with zero attached hydrogens (tertiary/aromatic N) is 2. The molecule has 2 aromatic rings. The standard InChI is InChI=1S/C13H10BrN3O2/c14-12-7-6-10(8-13(12)17(18)19)9-15-16-11-4-2-1-3-5-11/h1-9,16H/b15-9+. The number of rotatable bonds is 4. The van der Waals surface area contributed by atoms with Crippen LogP contribution in [0.4, 0.5) is 11.4 Å². The number of para-hydroxylation sites is 1. The van der Waals surface area contributed by atoms with E-state index in [1.165, 1.54) is 12.3 Å². The number of nitro groups is 1. The molecule has 5 nitrogen and oxygen atoms in total. The predicted molar refractivity (Wildman–Crippen MR) is 78.5 cm³/mol. The first kappa shape index (κ1) is 13.2. The molecule has 96 valence electrons. The first-order valence-electron chi connectivity index (χ1n) is 5.45. The molecule has 0 aliphatic rings. The highest BCUT2D eigenvalue weighted by molar-refractivity contribution is 9.10. The van der Waals surface area contributed by atoms with Crippen LogP contribution in [-0.2, 0) is 0 Å². The first-order valence-corrected chi connectivity index (χ1v) is 6.24. The monoisotopic (exact) mass is 319 g/mol. The summed E-state index contributed by atoms with van der Waals surface area (Å²) in [7, 11) is 0. The molecule has 19 heavy (non-hydrogen) atoms. The third-order valence-electron chi connectivity index (χ3n) is 2.35. The summed E-state index contributed by atoms with van der Waals surface area (Å²) in [6.45, 7) is 0. The van der Waals surface area contributed by atoms with Gasteiger partial charge in [-0.3, -0.25) is 15.5 Å². The molecule has 0 amide bonds. The molecule has 0 bridgehead atoms. The summed E-state index contributed by atoms with van der Waals surface area (Å²) in [6.07, 6.45) is 1.53. The van der Waals surface area contributed by atoms with E-state index in [2.05, 4.69) is 26.5 Å². The lowest BCUT2D eigenvalue weighted by Gasteiger charge is -1.99. The molecule has 0 aromatic heterocycles. The molecule has 0 unspecified atom stereocenters. The van der Waals surface area contributed by atoms with E-state index in [4.69, 9.17) is 0 Å². The van der Waals surface area contributed by atoms with Crippen molar-refractivity contribution in [2.75, 3.05) is 5.43 Å². The summed E-state index contributed by atoms with van der Waals surface area (Å²) in [5.41, 5.74) is 4.36. The number of benzene rings is 2. The maximum atomic E-state index is 10.8. The Morgan fingerprint density at radius 2 is 1.95 bits per heavy atom. The topological polar surface area (TPSA) is 67.5 Å². The Hall–Kier alpha value is -2.21. The number of nitrogens with one attached hydrogen (secondary N) is 1. The number of hydrazone groups is 1. The smallest absolute Gasteiger partial charge is 0.279 e. The van der Waals surface area contributed by atoms with E-state index >= 15 is 0 Å². The molecule has 0 spiro atoms. The van der Waals surface area contributed by atoms with Crippen molar-refractivity contribution in [2.45, 2.75) is 0 Å². The summed E-state index contributed by atoms with van der Waals surface area (Å²) >= 11 is 3.13. The fourth-order valence-electron chi connectivity index (χ4n) is 1.44. The lowest BCUT2D eigenvalue weighted by Crippen LogP contribution is -1.93. The summed E-state index contributed by atoms with van der Waals surface area (Å²) in [5.74, 6) is 0. The van der Waals surface area contributed by atoms with E-state index in [1.807, 2.05) is 30.3 Å². The van der Waals surface area contributed by atoms with Gasteiger partial charge in [0.15, 0.2) is 0 Å². The Bertz CT molecular complexity index is 615. The minimum Gasteiger partial charge on any atom is -0.279 e. The molecule has 0 aliphatic carbocycles. The highest BCUT2D eigenvalue weighted by Crippen LogP contribution is 2.24. The van der Waals surface area contributed by atoms with Crippen LogP contribution >= 0.6 is 15.9 Å². The van der Waals surface area contributed by atoms with Crippen LogP contribution in [0.5, 0.6) is 0 Å². The van der Waals surface area contributed by atoms with Crippen LogP contribution in [0.15, 0.2) is 58.1 Å². The molecule has 0 saturated heterocycles. The van der Waals surface area contributed by atoms with Crippen LogP contribution in [0.3, 0.4) is 0 Å².